The van der Waals surface area contributed by atoms with Gasteiger partial charge < -0.3 is 9.68 Å². The highest BCUT2D eigenvalue weighted by atomic mass is 35.5. The third-order valence-corrected chi connectivity index (χ3v) is 5.08. The van der Waals surface area contributed by atoms with E-state index in [4.69, 9.17) is 9.68 Å². The van der Waals surface area contributed by atoms with Gasteiger partial charge in [0.05, 0.1) is 17.7 Å². The molecule has 0 atom stereocenters. The zero-order chi connectivity index (χ0) is 22.2. The molecule has 0 radical (unpaired) electrons. The fourth-order valence-corrected chi connectivity index (χ4v) is 3.28. The predicted molar refractivity (Wildman–Crippen MR) is 130 cm³/mol. The van der Waals surface area contributed by atoms with Gasteiger partial charge in [-0.2, -0.15) is 0 Å². The molecule has 2 rings (SSSR count). The van der Waals surface area contributed by atoms with Gasteiger partial charge in [-0.3, -0.25) is 0 Å². The van der Waals surface area contributed by atoms with Crippen LogP contribution in [-0.4, -0.2) is 23.7 Å². The van der Waals surface area contributed by atoms with Gasteiger partial charge in [0.15, 0.2) is 0 Å². The van der Waals surface area contributed by atoms with Gasteiger partial charge in [-0.15, -0.1) is 12.4 Å². The first-order valence-corrected chi connectivity index (χ1v) is 11.5. The number of halogens is 1. The lowest BCUT2D eigenvalue weighted by Crippen LogP contribution is -2.31. The summed E-state index contributed by atoms with van der Waals surface area (Å²) in [6.07, 6.45) is 11.9. The van der Waals surface area contributed by atoms with Crippen molar-refractivity contribution in [3.8, 4) is 0 Å². The Morgan fingerprint density at radius 3 is 1.41 bits per heavy atom. The molecule has 32 heavy (non-hydrogen) atoms. The van der Waals surface area contributed by atoms with Crippen molar-refractivity contribution in [1.82, 2.24) is 5.23 Å². The number of benzene rings is 2. The van der Waals surface area contributed by atoms with Crippen molar-refractivity contribution in [3.05, 3.63) is 71.8 Å². The topological polar surface area (TPSA) is 55.8 Å². The van der Waals surface area contributed by atoms with Gasteiger partial charge >= 0.3 is 11.9 Å². The van der Waals surface area contributed by atoms with Gasteiger partial charge in [-0.05, 0) is 30.7 Å². The van der Waals surface area contributed by atoms with Crippen LogP contribution in [0.15, 0.2) is 60.7 Å². The SMILES string of the molecule is CCCCCCCCCCCCN(OC(=O)c1ccccc1)OC(=O)c1ccccc1.Cl. The summed E-state index contributed by atoms with van der Waals surface area (Å²) in [6.45, 7) is 2.57. The summed E-state index contributed by atoms with van der Waals surface area (Å²) >= 11 is 0. The molecule has 0 unspecified atom stereocenters. The smallest absolute Gasteiger partial charge is 0.328 e. The molecule has 0 aliphatic heterocycles. The first kappa shape index (κ1) is 27.7. The molecule has 2 aromatic rings. The van der Waals surface area contributed by atoms with Crippen molar-refractivity contribution in [1.29, 1.82) is 0 Å². The van der Waals surface area contributed by atoms with E-state index in [0.29, 0.717) is 17.7 Å². The second-order valence-corrected chi connectivity index (χ2v) is 7.73. The zero-order valence-corrected chi connectivity index (χ0v) is 19.9. The van der Waals surface area contributed by atoms with E-state index in [1.165, 1.54) is 44.9 Å². The normalized spacial score (nSPS) is 10.4. The second-order valence-electron chi connectivity index (χ2n) is 7.73. The maximum absolute atomic E-state index is 12.4. The maximum atomic E-state index is 12.4. The molecule has 0 aromatic heterocycles. The molecule has 0 spiro atoms. The minimum atomic E-state index is -0.548. The summed E-state index contributed by atoms with van der Waals surface area (Å²) in [5.41, 5.74) is 0.817. The van der Waals surface area contributed by atoms with Gasteiger partial charge in [0.25, 0.3) is 0 Å². The van der Waals surface area contributed by atoms with E-state index in [2.05, 4.69) is 6.92 Å². The van der Waals surface area contributed by atoms with Gasteiger partial charge in [-0.1, -0.05) is 101 Å². The summed E-state index contributed by atoms with van der Waals surface area (Å²) in [7, 11) is 0. The van der Waals surface area contributed by atoms with Crippen LogP contribution < -0.4 is 0 Å². The van der Waals surface area contributed by atoms with Gasteiger partial charge in [0, 0.05) is 5.23 Å². The quantitative estimate of drug-likeness (QED) is 0.208. The lowest BCUT2D eigenvalue weighted by Gasteiger charge is -2.19. The monoisotopic (exact) mass is 461 g/mol. The second kappa shape index (κ2) is 17.2. The Kier molecular flexibility index (Phi) is 14.9. The van der Waals surface area contributed by atoms with Crippen LogP contribution in [0.3, 0.4) is 0 Å². The average molecular weight is 462 g/mol. The number of carbonyl (C=O) groups is 2. The van der Waals surface area contributed by atoms with E-state index in [-0.39, 0.29) is 12.4 Å². The molecule has 0 aliphatic carbocycles. The molecule has 6 heteroatoms. The Morgan fingerprint density at radius 2 is 1.00 bits per heavy atom. The van der Waals surface area contributed by atoms with Crippen molar-refractivity contribution in [2.75, 3.05) is 6.54 Å². The Labute approximate surface area is 198 Å². The maximum Gasteiger partial charge on any atom is 0.360 e. The zero-order valence-electron chi connectivity index (χ0n) is 19.0. The first-order chi connectivity index (χ1) is 15.2. The van der Waals surface area contributed by atoms with E-state index in [9.17, 15) is 9.59 Å². The fourth-order valence-electron chi connectivity index (χ4n) is 3.28. The number of rotatable bonds is 15. The summed E-state index contributed by atoms with van der Waals surface area (Å²) < 4.78 is 0. The largest absolute Gasteiger partial charge is 0.360 e. The van der Waals surface area contributed by atoms with E-state index in [0.717, 1.165) is 24.5 Å². The number of nitrogens with zero attached hydrogens (tertiary/aromatic N) is 1. The number of hydroxylamine groups is 2. The molecule has 0 N–H and O–H groups in total. The summed E-state index contributed by atoms with van der Waals surface area (Å²) in [5.74, 6) is -1.10. The van der Waals surface area contributed by atoms with Crippen LogP contribution in [0.1, 0.15) is 91.8 Å². The van der Waals surface area contributed by atoms with Crippen molar-refractivity contribution < 1.29 is 19.3 Å². The predicted octanol–water partition coefficient (Wildman–Crippen LogP) is 7.18. The summed E-state index contributed by atoms with van der Waals surface area (Å²) in [5, 5.41) is 1.02. The minimum absolute atomic E-state index is 0. The van der Waals surface area contributed by atoms with E-state index in [1.54, 1.807) is 48.5 Å². The van der Waals surface area contributed by atoms with E-state index >= 15 is 0 Å². The fraction of sp³-hybridized carbons (Fsp3) is 0.462. The van der Waals surface area contributed by atoms with Crippen molar-refractivity contribution in [2.45, 2.75) is 71.1 Å². The van der Waals surface area contributed by atoms with Gasteiger partial charge in [0.1, 0.15) is 0 Å². The van der Waals surface area contributed by atoms with Crippen LogP contribution in [0.25, 0.3) is 0 Å². The molecule has 0 saturated carbocycles. The third-order valence-electron chi connectivity index (χ3n) is 5.08. The van der Waals surface area contributed by atoms with Gasteiger partial charge in [-0.25, -0.2) is 9.59 Å². The Balaban J connectivity index is 0.00000512. The molecule has 0 bridgehead atoms. The first-order valence-electron chi connectivity index (χ1n) is 11.5. The lowest BCUT2D eigenvalue weighted by molar-refractivity contribution is -0.298. The van der Waals surface area contributed by atoms with Crippen molar-refractivity contribution in [3.63, 3.8) is 0 Å². The molecule has 0 fully saturated rings. The Hall–Kier alpha value is -2.37. The Bertz CT molecular complexity index is 701. The number of unbranched alkanes of at least 4 members (excludes halogenated alkanes) is 9. The molecule has 2 aromatic carbocycles. The van der Waals surface area contributed by atoms with Crippen molar-refractivity contribution in [2.24, 2.45) is 0 Å². The molecule has 0 aliphatic rings. The van der Waals surface area contributed by atoms with Crippen LogP contribution in [-0.2, 0) is 9.68 Å². The lowest BCUT2D eigenvalue weighted by atomic mass is 10.1. The highest BCUT2D eigenvalue weighted by Crippen LogP contribution is 2.13. The third kappa shape index (κ3) is 11.3. The van der Waals surface area contributed by atoms with E-state index < -0.39 is 11.9 Å². The standard InChI is InChI=1S/C26H35NO4.ClH/c1-2-3-4-5-6-7-8-9-10-17-22-27(30-25(28)23-18-13-11-14-19-23)31-26(29)24-20-15-12-16-21-24;/h11-16,18-21H,2-10,17,22H2,1H3;1H. The number of carbonyl (C=O) groups excluding carboxylic acids is 2. The van der Waals surface area contributed by atoms with Crippen molar-refractivity contribution >= 4 is 24.3 Å². The number of hydrogen-bond acceptors (Lipinski definition) is 5. The highest BCUT2D eigenvalue weighted by Gasteiger charge is 2.19. The van der Waals surface area contributed by atoms with Crippen LogP contribution in [0.4, 0.5) is 0 Å². The Morgan fingerprint density at radius 1 is 0.625 bits per heavy atom. The molecular formula is C26H36ClNO4. The molecule has 5 nitrogen and oxygen atoms in total. The molecule has 176 valence electrons. The van der Waals surface area contributed by atoms with E-state index in [1.807, 2.05) is 12.1 Å². The molecule has 0 amide bonds. The summed E-state index contributed by atoms with van der Waals surface area (Å²) in [4.78, 5) is 35.5. The molecule has 0 heterocycles. The molecule has 0 saturated heterocycles. The van der Waals surface area contributed by atoms with Crippen LogP contribution >= 0.6 is 12.4 Å². The summed E-state index contributed by atoms with van der Waals surface area (Å²) in [6, 6.07) is 17.4. The minimum Gasteiger partial charge on any atom is -0.328 e. The number of hydrogen-bond donors (Lipinski definition) is 0. The highest BCUT2D eigenvalue weighted by molar-refractivity contribution is 5.90. The van der Waals surface area contributed by atoms with Crippen LogP contribution in [0.5, 0.6) is 0 Å². The molecular weight excluding hydrogens is 426 g/mol. The van der Waals surface area contributed by atoms with Crippen LogP contribution in [0.2, 0.25) is 0 Å². The average Bonchev–Trinajstić information content (AvgIpc) is 2.81. The van der Waals surface area contributed by atoms with Crippen LogP contribution in [0, 0.1) is 0 Å². The van der Waals surface area contributed by atoms with Gasteiger partial charge in [0.2, 0.25) is 0 Å².